The van der Waals surface area contributed by atoms with E-state index in [2.05, 4.69) is 54.6 Å². The molecule has 0 aliphatic carbocycles. The Balaban J connectivity index is 1.95. The van der Waals surface area contributed by atoms with Crippen molar-refractivity contribution in [1.29, 1.82) is 0 Å². The summed E-state index contributed by atoms with van der Waals surface area (Å²) in [5.41, 5.74) is 0. The number of hydrogen-bond donors (Lipinski definition) is 0. The molecular formula is C13H11P3. The van der Waals surface area contributed by atoms with Crippen LogP contribution in [0, 0.1) is 0 Å². The summed E-state index contributed by atoms with van der Waals surface area (Å²) in [4.78, 5) is 0. The van der Waals surface area contributed by atoms with Crippen LogP contribution in [0.1, 0.15) is 0 Å². The summed E-state index contributed by atoms with van der Waals surface area (Å²) >= 11 is 0. The van der Waals surface area contributed by atoms with Crippen molar-refractivity contribution in [2.24, 2.45) is 0 Å². The molecule has 0 bridgehead atoms. The second-order valence-electron chi connectivity index (χ2n) is 3.59. The third-order valence-corrected chi connectivity index (χ3v) is 7.38. The van der Waals surface area contributed by atoms with Crippen molar-refractivity contribution in [1.82, 2.24) is 0 Å². The van der Waals surface area contributed by atoms with E-state index in [-0.39, 0.29) is 0 Å². The summed E-state index contributed by atoms with van der Waals surface area (Å²) in [6.07, 6.45) is 0. The number of hydrogen-bond acceptors (Lipinski definition) is 0. The maximum absolute atomic E-state index is 2.27. The van der Waals surface area contributed by atoms with Crippen molar-refractivity contribution in [2.75, 3.05) is 0 Å². The van der Waals surface area contributed by atoms with Crippen LogP contribution in [0.4, 0.5) is 0 Å². The van der Waals surface area contributed by atoms with E-state index < -0.39 is 0 Å². The summed E-state index contributed by atoms with van der Waals surface area (Å²) in [5, 5.41) is 4.52. The zero-order valence-corrected chi connectivity index (χ0v) is 11.5. The maximum atomic E-state index is 2.27. The Hall–Kier alpha value is -0.660. The molecule has 2 unspecified atom stereocenters. The lowest BCUT2D eigenvalue weighted by Gasteiger charge is -1.96. The standard InChI is InChI=1S/C13H11P3/c1-2-6-10(7-3-1)14-13-15-11-8-4-5-9-12(11)16-13/h1-9,14-15H. The van der Waals surface area contributed by atoms with Crippen molar-refractivity contribution in [3.63, 3.8) is 0 Å². The van der Waals surface area contributed by atoms with Gasteiger partial charge >= 0.3 is 0 Å². The van der Waals surface area contributed by atoms with Gasteiger partial charge in [-0.15, -0.1) is 8.19 Å². The topological polar surface area (TPSA) is 0 Å². The molecule has 0 fully saturated rings. The molecule has 0 radical (unpaired) electrons. The van der Waals surface area contributed by atoms with Gasteiger partial charge in [-0.2, -0.15) is 0 Å². The highest BCUT2D eigenvalue weighted by atomic mass is 31.1. The van der Waals surface area contributed by atoms with E-state index in [1.165, 1.54) is 18.6 Å². The van der Waals surface area contributed by atoms with Gasteiger partial charge in [0.2, 0.25) is 0 Å². The maximum Gasteiger partial charge on any atom is 0.0216 e. The van der Waals surface area contributed by atoms with Gasteiger partial charge in [0, 0.05) is 15.0 Å². The van der Waals surface area contributed by atoms with Crippen molar-refractivity contribution >= 4 is 45.3 Å². The Kier molecular flexibility index (Phi) is 3.07. The first-order chi connectivity index (χ1) is 7.92. The second-order valence-corrected chi connectivity index (χ2v) is 8.70. The quantitative estimate of drug-likeness (QED) is 0.609. The molecule has 2 aromatic carbocycles. The van der Waals surface area contributed by atoms with Gasteiger partial charge in [-0.05, 0) is 20.0 Å². The summed E-state index contributed by atoms with van der Waals surface area (Å²) in [6, 6.07) is 19.6. The van der Waals surface area contributed by atoms with Crippen molar-refractivity contribution in [2.45, 2.75) is 0 Å². The molecule has 3 heteroatoms. The fourth-order valence-corrected chi connectivity index (χ4v) is 6.89. The van der Waals surface area contributed by atoms with E-state index in [1.54, 1.807) is 9.89 Å². The van der Waals surface area contributed by atoms with Crippen LogP contribution in [-0.4, -0.2) is 0 Å². The molecule has 0 saturated heterocycles. The van der Waals surface area contributed by atoms with Gasteiger partial charge in [-0.1, -0.05) is 56.7 Å². The highest BCUT2D eigenvalue weighted by Gasteiger charge is 2.01. The second kappa shape index (κ2) is 4.68. The summed E-state index contributed by atoms with van der Waals surface area (Å²) in [7, 11) is 3.24. The Labute approximate surface area is 100 Å². The van der Waals surface area contributed by atoms with Crippen LogP contribution in [0.2, 0.25) is 0 Å². The van der Waals surface area contributed by atoms with Crippen molar-refractivity contribution in [3.8, 4) is 0 Å². The number of benzene rings is 2. The van der Waals surface area contributed by atoms with Crippen LogP contribution in [0.15, 0.2) is 54.6 Å². The van der Waals surface area contributed by atoms with Crippen LogP contribution in [0.5, 0.6) is 0 Å². The summed E-state index contributed by atoms with van der Waals surface area (Å²) in [6.45, 7) is 0. The van der Waals surface area contributed by atoms with Gasteiger partial charge in [0.1, 0.15) is 0 Å². The fraction of sp³-hybridized carbons (Fsp3) is 0. The summed E-state index contributed by atoms with van der Waals surface area (Å²) < 4.78 is 1.67. The van der Waals surface area contributed by atoms with E-state index >= 15 is 0 Å². The molecule has 0 spiro atoms. The van der Waals surface area contributed by atoms with E-state index in [0.717, 1.165) is 16.8 Å². The normalized spacial score (nSPS) is 12.5. The minimum atomic E-state index is 0.871. The lowest BCUT2D eigenvalue weighted by Crippen LogP contribution is -1.95. The lowest BCUT2D eigenvalue weighted by atomic mass is 10.4. The van der Waals surface area contributed by atoms with E-state index in [4.69, 9.17) is 0 Å². The highest BCUT2D eigenvalue weighted by molar-refractivity contribution is 7.82. The minimum absolute atomic E-state index is 0.871. The minimum Gasteiger partial charge on any atom is -0.118 e. The average molecular weight is 260 g/mol. The predicted octanol–water partition coefficient (Wildman–Crippen LogP) is 4.08. The highest BCUT2D eigenvalue weighted by Crippen LogP contribution is 2.36. The van der Waals surface area contributed by atoms with Gasteiger partial charge in [-0.25, -0.2) is 0 Å². The van der Waals surface area contributed by atoms with Crippen LogP contribution >= 0.6 is 25.0 Å². The fourth-order valence-electron chi connectivity index (χ4n) is 1.67. The van der Waals surface area contributed by atoms with Gasteiger partial charge < -0.3 is 0 Å². The molecule has 1 aromatic heterocycles. The Morgan fingerprint density at radius 3 is 2.44 bits per heavy atom. The molecule has 1 heterocycles. The molecule has 0 nitrogen and oxygen atoms in total. The van der Waals surface area contributed by atoms with Crippen LogP contribution in [0.3, 0.4) is 0 Å². The first-order valence-corrected chi connectivity index (χ1v) is 8.08. The monoisotopic (exact) mass is 260 g/mol. The molecule has 3 aromatic rings. The zero-order valence-electron chi connectivity index (χ0n) is 8.64. The lowest BCUT2D eigenvalue weighted by molar-refractivity contribution is 1.78. The molecule has 0 aliphatic rings. The van der Waals surface area contributed by atoms with Crippen LogP contribution in [-0.2, 0) is 0 Å². The zero-order chi connectivity index (χ0) is 10.8. The van der Waals surface area contributed by atoms with Crippen molar-refractivity contribution < 1.29 is 0 Å². The molecule has 16 heavy (non-hydrogen) atoms. The third kappa shape index (κ3) is 2.21. The van der Waals surface area contributed by atoms with Crippen LogP contribution in [0.25, 0.3) is 10.2 Å². The van der Waals surface area contributed by atoms with Gasteiger partial charge in [-0.3, -0.25) is 0 Å². The molecule has 0 saturated carbocycles. The van der Waals surface area contributed by atoms with Crippen molar-refractivity contribution in [3.05, 3.63) is 54.6 Å². The number of fused-ring (bicyclic) bond motifs is 1. The molecule has 0 N–H and O–H groups in total. The molecule has 2 atom stereocenters. The summed E-state index contributed by atoms with van der Waals surface area (Å²) in [5.74, 6) is 0. The average Bonchev–Trinajstić information content (AvgIpc) is 2.72. The Morgan fingerprint density at radius 1 is 0.875 bits per heavy atom. The molecule has 0 aliphatic heterocycles. The smallest absolute Gasteiger partial charge is 0.0216 e. The first kappa shape index (κ1) is 10.5. The number of rotatable bonds is 2. The Morgan fingerprint density at radius 2 is 1.62 bits per heavy atom. The Bertz CT molecular complexity index is 566. The largest absolute Gasteiger partial charge is 0.118 e. The molecule has 3 rings (SSSR count). The van der Waals surface area contributed by atoms with Crippen LogP contribution < -0.4 is 10.1 Å². The van der Waals surface area contributed by atoms with E-state index in [1.807, 2.05) is 0 Å². The van der Waals surface area contributed by atoms with Gasteiger partial charge in [0.15, 0.2) is 0 Å². The molecule has 0 amide bonds. The van der Waals surface area contributed by atoms with Gasteiger partial charge in [0.25, 0.3) is 0 Å². The van der Waals surface area contributed by atoms with E-state index in [0.29, 0.717) is 0 Å². The SMILES string of the molecule is c1ccc(Pc2pc3ccccc3[pH]2)cc1. The predicted molar refractivity (Wildman–Crippen MR) is 80.0 cm³/mol. The third-order valence-electron chi connectivity index (χ3n) is 2.43. The van der Waals surface area contributed by atoms with Gasteiger partial charge in [0.05, 0.1) is 0 Å². The molecular weight excluding hydrogens is 249 g/mol. The van der Waals surface area contributed by atoms with E-state index in [9.17, 15) is 0 Å². The molecule has 78 valence electrons. The first-order valence-electron chi connectivity index (χ1n) is 5.19.